The Kier molecular flexibility index (Phi) is 5.55. The van der Waals surface area contributed by atoms with Gasteiger partial charge in [0.25, 0.3) is 11.8 Å². The fourth-order valence-corrected chi connectivity index (χ4v) is 1.99. The molecule has 0 fully saturated rings. The largest absolute Gasteiger partial charge is 0.504 e. The maximum atomic E-state index is 13.5. The van der Waals surface area contributed by atoms with Gasteiger partial charge in [-0.25, -0.2) is 13.2 Å². The van der Waals surface area contributed by atoms with Gasteiger partial charge in [0.2, 0.25) is 0 Å². The Hall–Kier alpha value is -3.43. The fraction of sp³-hybridized carbons (Fsp3) is 0.125. The van der Waals surface area contributed by atoms with Gasteiger partial charge in [-0.1, -0.05) is 0 Å². The number of aromatic hydroxyl groups is 3. The minimum atomic E-state index is -1.77. The van der Waals surface area contributed by atoms with Crippen LogP contribution in [0, 0.1) is 17.5 Å². The summed E-state index contributed by atoms with van der Waals surface area (Å²) in [5.41, 5.74) is -0.848. The number of benzene rings is 2. The molecule has 0 aromatic heterocycles. The molecule has 138 valence electrons. The summed E-state index contributed by atoms with van der Waals surface area (Å²) in [6.45, 7) is -0.294. The van der Waals surface area contributed by atoms with Crippen LogP contribution in [0.1, 0.15) is 20.7 Å². The number of phenolic OH excluding ortho intramolecular Hbond substituents is 3. The quantitative estimate of drug-likeness (QED) is 0.310. The predicted molar refractivity (Wildman–Crippen MR) is 82.4 cm³/mol. The standard InChI is InChI=1S/C16H13F3N2O5/c17-9-2-1-8(12(18)13(9)19)16(26)21-4-3-20-15(25)7-5-10(22)14(24)11(23)6-7/h1-2,5-6,22-24H,3-4H2,(H,20,25)(H,21,26). The summed E-state index contributed by atoms with van der Waals surface area (Å²) < 4.78 is 39.4. The molecule has 26 heavy (non-hydrogen) atoms. The lowest BCUT2D eigenvalue weighted by atomic mass is 10.1. The van der Waals surface area contributed by atoms with Crippen LogP contribution >= 0.6 is 0 Å². The number of phenols is 3. The predicted octanol–water partition coefficient (Wildman–Crippen LogP) is 1.38. The number of rotatable bonds is 5. The Balaban J connectivity index is 1.90. The second-order valence-corrected chi connectivity index (χ2v) is 5.10. The molecule has 5 N–H and O–H groups in total. The fourth-order valence-electron chi connectivity index (χ4n) is 1.99. The van der Waals surface area contributed by atoms with Crippen molar-refractivity contribution in [2.75, 3.05) is 13.1 Å². The zero-order valence-corrected chi connectivity index (χ0v) is 13.0. The van der Waals surface area contributed by atoms with Crippen molar-refractivity contribution in [2.45, 2.75) is 0 Å². The number of carbonyl (C=O) groups excluding carboxylic acids is 2. The Morgan fingerprint density at radius 3 is 1.96 bits per heavy atom. The van der Waals surface area contributed by atoms with Gasteiger partial charge >= 0.3 is 0 Å². The Morgan fingerprint density at radius 2 is 1.38 bits per heavy atom. The molecule has 7 nitrogen and oxygen atoms in total. The molecule has 0 aliphatic rings. The van der Waals surface area contributed by atoms with Gasteiger partial charge in [0.15, 0.2) is 34.7 Å². The first-order valence-corrected chi connectivity index (χ1v) is 7.17. The molecule has 0 heterocycles. The highest BCUT2D eigenvalue weighted by Crippen LogP contribution is 2.35. The minimum Gasteiger partial charge on any atom is -0.504 e. The van der Waals surface area contributed by atoms with Gasteiger partial charge in [-0.3, -0.25) is 9.59 Å². The van der Waals surface area contributed by atoms with Crippen molar-refractivity contribution in [1.82, 2.24) is 10.6 Å². The number of hydrogen-bond acceptors (Lipinski definition) is 5. The van der Waals surface area contributed by atoms with Crippen molar-refractivity contribution < 1.29 is 38.1 Å². The summed E-state index contributed by atoms with van der Waals surface area (Å²) in [5, 5.41) is 32.4. The monoisotopic (exact) mass is 370 g/mol. The van der Waals surface area contributed by atoms with E-state index in [4.69, 9.17) is 0 Å². The van der Waals surface area contributed by atoms with Crippen LogP contribution in [0.3, 0.4) is 0 Å². The van der Waals surface area contributed by atoms with E-state index in [1.807, 2.05) is 0 Å². The molecular formula is C16H13F3N2O5. The maximum absolute atomic E-state index is 13.5. The van der Waals surface area contributed by atoms with Crippen LogP contribution in [0.4, 0.5) is 13.2 Å². The van der Waals surface area contributed by atoms with E-state index >= 15 is 0 Å². The summed E-state index contributed by atoms with van der Waals surface area (Å²) in [6, 6.07) is 3.22. The number of amides is 2. The van der Waals surface area contributed by atoms with E-state index in [0.717, 1.165) is 18.2 Å². The maximum Gasteiger partial charge on any atom is 0.254 e. The van der Waals surface area contributed by atoms with Crippen molar-refractivity contribution in [1.29, 1.82) is 0 Å². The first-order valence-electron chi connectivity index (χ1n) is 7.17. The molecule has 2 amide bonds. The second kappa shape index (κ2) is 7.64. The number of halogens is 3. The van der Waals surface area contributed by atoms with Crippen molar-refractivity contribution in [3.05, 3.63) is 52.8 Å². The lowest BCUT2D eigenvalue weighted by Crippen LogP contribution is -2.35. The third-order valence-corrected chi connectivity index (χ3v) is 3.31. The smallest absolute Gasteiger partial charge is 0.254 e. The second-order valence-electron chi connectivity index (χ2n) is 5.10. The molecule has 0 radical (unpaired) electrons. The molecule has 0 bridgehead atoms. The Morgan fingerprint density at radius 1 is 0.846 bits per heavy atom. The van der Waals surface area contributed by atoms with Gasteiger partial charge in [-0.15, -0.1) is 0 Å². The van der Waals surface area contributed by atoms with E-state index in [2.05, 4.69) is 10.6 Å². The van der Waals surface area contributed by atoms with E-state index < -0.39 is 52.1 Å². The highest BCUT2D eigenvalue weighted by atomic mass is 19.2. The molecule has 2 aromatic carbocycles. The van der Waals surface area contributed by atoms with Gasteiger partial charge < -0.3 is 26.0 Å². The van der Waals surface area contributed by atoms with Crippen LogP contribution < -0.4 is 10.6 Å². The zero-order chi connectivity index (χ0) is 19.4. The van der Waals surface area contributed by atoms with E-state index in [9.17, 15) is 38.1 Å². The third kappa shape index (κ3) is 3.97. The molecule has 0 unspecified atom stereocenters. The van der Waals surface area contributed by atoms with Gasteiger partial charge in [-0.2, -0.15) is 0 Å². The molecule has 10 heteroatoms. The van der Waals surface area contributed by atoms with Crippen LogP contribution in [0.5, 0.6) is 17.2 Å². The molecule has 0 saturated carbocycles. The lowest BCUT2D eigenvalue weighted by molar-refractivity contribution is 0.0924. The van der Waals surface area contributed by atoms with Gasteiger partial charge in [-0.05, 0) is 24.3 Å². The van der Waals surface area contributed by atoms with E-state index in [0.29, 0.717) is 6.07 Å². The van der Waals surface area contributed by atoms with Gasteiger partial charge in [0.1, 0.15) is 0 Å². The normalized spacial score (nSPS) is 10.4. The first kappa shape index (κ1) is 18.9. The summed E-state index contributed by atoms with van der Waals surface area (Å²) in [4.78, 5) is 23.6. The average molecular weight is 370 g/mol. The molecule has 0 aliphatic carbocycles. The van der Waals surface area contributed by atoms with Crippen LogP contribution in [0.2, 0.25) is 0 Å². The van der Waals surface area contributed by atoms with Crippen LogP contribution in [0.25, 0.3) is 0 Å². The van der Waals surface area contributed by atoms with Crippen molar-refractivity contribution in [3.63, 3.8) is 0 Å². The summed E-state index contributed by atoms with van der Waals surface area (Å²) in [5.74, 6) is -8.72. The molecule has 0 spiro atoms. The highest BCUT2D eigenvalue weighted by Gasteiger charge is 2.18. The SMILES string of the molecule is O=C(NCCNC(=O)c1ccc(F)c(F)c1F)c1cc(O)c(O)c(O)c1. The molecule has 0 saturated heterocycles. The van der Waals surface area contributed by atoms with Crippen LogP contribution in [-0.4, -0.2) is 40.2 Å². The van der Waals surface area contributed by atoms with Gasteiger partial charge in [0.05, 0.1) is 5.56 Å². The number of carbonyl (C=O) groups is 2. The minimum absolute atomic E-state index is 0.127. The molecule has 2 rings (SSSR count). The molecule has 0 atom stereocenters. The zero-order valence-electron chi connectivity index (χ0n) is 13.0. The summed E-state index contributed by atoms with van der Waals surface area (Å²) in [6.07, 6.45) is 0. The number of nitrogens with one attached hydrogen (secondary N) is 2. The van der Waals surface area contributed by atoms with Crippen molar-refractivity contribution in [3.8, 4) is 17.2 Å². The average Bonchev–Trinajstić information content (AvgIpc) is 2.60. The van der Waals surface area contributed by atoms with Crippen molar-refractivity contribution in [2.24, 2.45) is 0 Å². The lowest BCUT2D eigenvalue weighted by Gasteiger charge is -2.09. The van der Waals surface area contributed by atoms with E-state index in [1.165, 1.54) is 0 Å². The van der Waals surface area contributed by atoms with E-state index in [-0.39, 0.29) is 18.7 Å². The highest BCUT2D eigenvalue weighted by molar-refractivity contribution is 5.96. The van der Waals surface area contributed by atoms with Crippen LogP contribution in [-0.2, 0) is 0 Å². The third-order valence-electron chi connectivity index (χ3n) is 3.31. The van der Waals surface area contributed by atoms with Gasteiger partial charge in [0, 0.05) is 18.7 Å². The Labute approximate surface area is 144 Å². The first-order chi connectivity index (χ1) is 12.2. The summed E-state index contributed by atoms with van der Waals surface area (Å²) in [7, 11) is 0. The number of hydrogen-bond donors (Lipinski definition) is 5. The van der Waals surface area contributed by atoms with Crippen LogP contribution in [0.15, 0.2) is 24.3 Å². The van der Waals surface area contributed by atoms with E-state index in [1.54, 1.807) is 0 Å². The Bertz CT molecular complexity index is 850. The molecule has 2 aromatic rings. The molecule has 0 aliphatic heterocycles. The molecular weight excluding hydrogens is 357 g/mol. The topological polar surface area (TPSA) is 119 Å². The van der Waals surface area contributed by atoms with Crippen molar-refractivity contribution >= 4 is 11.8 Å². The summed E-state index contributed by atoms with van der Waals surface area (Å²) >= 11 is 0.